The number of para-hydroxylation sites is 1. The Morgan fingerprint density at radius 2 is 2.26 bits per heavy atom. The summed E-state index contributed by atoms with van der Waals surface area (Å²) in [4.78, 5) is 2.11. The number of fused-ring (bicyclic) bond motifs is 1. The minimum Gasteiger partial charge on any atom is -0.493 e. The van der Waals surface area contributed by atoms with E-state index >= 15 is 0 Å². The van der Waals surface area contributed by atoms with Crippen LogP contribution in [0, 0.1) is 0 Å². The molecule has 0 radical (unpaired) electrons. The van der Waals surface area contributed by atoms with Gasteiger partial charge in [0.2, 0.25) is 10.0 Å². The Bertz CT molecular complexity index is 784. The predicted molar refractivity (Wildman–Crippen MR) is 89.0 cm³/mol. The molecule has 0 bridgehead atoms. The van der Waals surface area contributed by atoms with E-state index in [9.17, 15) is 8.42 Å². The van der Waals surface area contributed by atoms with Gasteiger partial charge in [-0.25, -0.2) is 13.1 Å². The zero-order valence-electron chi connectivity index (χ0n) is 13.4. The highest BCUT2D eigenvalue weighted by atomic mass is 32.2. The highest BCUT2D eigenvalue weighted by Crippen LogP contribution is 2.29. The first-order valence-corrected chi connectivity index (χ1v) is 9.34. The maximum atomic E-state index is 12.1. The van der Waals surface area contributed by atoms with Crippen molar-refractivity contribution >= 4 is 21.0 Å². The number of hydrogen-bond acceptors (Lipinski definition) is 5. The third-order valence-corrected chi connectivity index (χ3v) is 6.13. The molecule has 2 aromatic rings. The maximum absolute atomic E-state index is 12.1. The summed E-state index contributed by atoms with van der Waals surface area (Å²) < 4.78 is 37.9. The first-order valence-electron chi connectivity index (χ1n) is 7.79. The summed E-state index contributed by atoms with van der Waals surface area (Å²) in [5, 5.41) is 0.650. The molecule has 0 spiro atoms. The number of sulfonamides is 1. The van der Waals surface area contributed by atoms with E-state index in [-0.39, 0.29) is 5.25 Å². The fourth-order valence-corrected chi connectivity index (χ4v) is 4.52. The summed E-state index contributed by atoms with van der Waals surface area (Å²) in [6.07, 6.45) is 0.652. The molecule has 1 fully saturated rings. The van der Waals surface area contributed by atoms with E-state index in [2.05, 4.69) is 9.62 Å². The molecule has 7 heteroatoms. The van der Waals surface area contributed by atoms with Crippen molar-refractivity contribution in [2.45, 2.75) is 25.1 Å². The first-order chi connectivity index (χ1) is 11.0. The number of nitrogens with one attached hydrogen (secondary N) is 1. The van der Waals surface area contributed by atoms with E-state index in [1.165, 1.54) is 0 Å². The molecular weight excluding hydrogens is 316 g/mol. The number of rotatable bonds is 6. The normalized spacial score (nSPS) is 19.5. The summed E-state index contributed by atoms with van der Waals surface area (Å²) in [5.74, 6) is 1.54. The van der Waals surface area contributed by atoms with Gasteiger partial charge < -0.3 is 9.15 Å². The van der Waals surface area contributed by atoms with Crippen LogP contribution in [0.5, 0.6) is 5.75 Å². The maximum Gasteiger partial charge on any atom is 0.215 e. The molecule has 1 atom stereocenters. The van der Waals surface area contributed by atoms with Crippen molar-refractivity contribution in [3.05, 3.63) is 30.0 Å². The number of hydrogen-bond donors (Lipinski definition) is 1. The fraction of sp³-hybridized carbons (Fsp3) is 0.500. The predicted octanol–water partition coefficient (Wildman–Crippen LogP) is 1.95. The highest BCUT2D eigenvalue weighted by molar-refractivity contribution is 7.90. The average molecular weight is 338 g/mol. The summed E-state index contributed by atoms with van der Waals surface area (Å²) in [6.45, 7) is 4.12. The third kappa shape index (κ3) is 3.36. The summed E-state index contributed by atoms with van der Waals surface area (Å²) in [6, 6.07) is 7.76. The van der Waals surface area contributed by atoms with Gasteiger partial charge in [0.15, 0.2) is 11.3 Å². The molecule has 1 aliphatic rings. The van der Waals surface area contributed by atoms with Gasteiger partial charge in [0.25, 0.3) is 0 Å². The number of furan rings is 1. The summed E-state index contributed by atoms with van der Waals surface area (Å²) in [7, 11) is -1.59. The zero-order valence-corrected chi connectivity index (χ0v) is 14.2. The minimum atomic E-state index is -3.21. The number of ether oxygens (including phenoxy) is 1. The van der Waals surface area contributed by atoms with Gasteiger partial charge in [0, 0.05) is 25.0 Å². The van der Waals surface area contributed by atoms with Crippen LogP contribution in [0.4, 0.5) is 0 Å². The van der Waals surface area contributed by atoms with E-state index < -0.39 is 10.0 Å². The Hall–Kier alpha value is -1.57. The molecule has 2 heterocycles. The Kier molecular flexibility index (Phi) is 4.61. The number of likely N-dealkylation sites (tertiary alicyclic amines) is 1. The van der Waals surface area contributed by atoms with Crippen LogP contribution < -0.4 is 9.46 Å². The summed E-state index contributed by atoms with van der Waals surface area (Å²) >= 11 is 0. The molecule has 1 N–H and O–H groups in total. The molecule has 126 valence electrons. The Morgan fingerprint density at radius 1 is 1.43 bits per heavy atom. The standard InChI is InChI=1S/C16H22N2O4S/c1-3-17-23(19,20)14-7-8-18(11-14)10-13-9-12-5-4-6-15(21-2)16(12)22-13/h4-6,9,14,17H,3,7-8,10-11H2,1-2H3/t14-/m1/s1. The molecule has 0 unspecified atom stereocenters. The lowest BCUT2D eigenvalue weighted by atomic mass is 10.2. The van der Waals surface area contributed by atoms with Gasteiger partial charge in [-0.1, -0.05) is 19.1 Å². The van der Waals surface area contributed by atoms with Crippen molar-refractivity contribution in [3.8, 4) is 5.75 Å². The second-order valence-electron chi connectivity index (χ2n) is 5.78. The Labute approximate surface area is 136 Å². The largest absolute Gasteiger partial charge is 0.493 e. The van der Waals surface area contributed by atoms with E-state index in [1.807, 2.05) is 24.3 Å². The van der Waals surface area contributed by atoms with Gasteiger partial charge in [-0.2, -0.15) is 0 Å². The fourth-order valence-electron chi connectivity index (χ4n) is 3.06. The van der Waals surface area contributed by atoms with E-state index in [0.29, 0.717) is 31.8 Å². The highest BCUT2D eigenvalue weighted by Gasteiger charge is 2.32. The number of methoxy groups -OCH3 is 1. The second kappa shape index (κ2) is 6.51. The Morgan fingerprint density at radius 3 is 3.00 bits per heavy atom. The van der Waals surface area contributed by atoms with E-state index in [4.69, 9.17) is 9.15 Å². The van der Waals surface area contributed by atoms with Crippen LogP contribution in [0.2, 0.25) is 0 Å². The lowest BCUT2D eigenvalue weighted by molar-refractivity contribution is 0.300. The van der Waals surface area contributed by atoms with Crippen LogP contribution in [0.15, 0.2) is 28.7 Å². The van der Waals surface area contributed by atoms with Crippen molar-refractivity contribution in [3.63, 3.8) is 0 Å². The molecule has 1 saturated heterocycles. The van der Waals surface area contributed by atoms with Crippen molar-refractivity contribution in [2.75, 3.05) is 26.7 Å². The van der Waals surface area contributed by atoms with Gasteiger partial charge in [-0.3, -0.25) is 4.90 Å². The van der Waals surface area contributed by atoms with Gasteiger partial charge in [0.1, 0.15) is 5.76 Å². The second-order valence-corrected chi connectivity index (χ2v) is 7.83. The van der Waals surface area contributed by atoms with Crippen LogP contribution in [0.3, 0.4) is 0 Å². The van der Waals surface area contributed by atoms with Gasteiger partial charge >= 0.3 is 0 Å². The SMILES string of the molecule is CCNS(=O)(=O)[C@@H]1CCN(Cc2cc3cccc(OC)c3o2)C1. The molecule has 0 saturated carbocycles. The molecule has 23 heavy (non-hydrogen) atoms. The molecule has 1 aromatic carbocycles. The van der Waals surface area contributed by atoms with Crippen molar-refractivity contribution in [2.24, 2.45) is 0 Å². The lowest BCUT2D eigenvalue weighted by Gasteiger charge is -2.14. The molecule has 0 aliphatic carbocycles. The van der Waals surface area contributed by atoms with Gasteiger partial charge in [-0.05, 0) is 18.6 Å². The van der Waals surface area contributed by atoms with Crippen molar-refractivity contribution < 1.29 is 17.6 Å². The van der Waals surface area contributed by atoms with Crippen molar-refractivity contribution in [1.29, 1.82) is 0 Å². The van der Waals surface area contributed by atoms with Gasteiger partial charge in [-0.15, -0.1) is 0 Å². The smallest absolute Gasteiger partial charge is 0.215 e. The van der Waals surface area contributed by atoms with Crippen LogP contribution in [0.25, 0.3) is 11.0 Å². The molecule has 1 aromatic heterocycles. The van der Waals surface area contributed by atoms with Crippen LogP contribution in [-0.2, 0) is 16.6 Å². The lowest BCUT2D eigenvalue weighted by Crippen LogP contribution is -2.36. The van der Waals surface area contributed by atoms with Crippen LogP contribution in [-0.4, -0.2) is 45.3 Å². The summed E-state index contributed by atoms with van der Waals surface area (Å²) in [5.41, 5.74) is 0.737. The number of nitrogens with zero attached hydrogens (tertiary/aromatic N) is 1. The van der Waals surface area contributed by atoms with Gasteiger partial charge in [0.05, 0.1) is 18.9 Å². The van der Waals surface area contributed by atoms with E-state index in [1.54, 1.807) is 14.0 Å². The molecule has 6 nitrogen and oxygen atoms in total. The van der Waals surface area contributed by atoms with Crippen LogP contribution >= 0.6 is 0 Å². The van der Waals surface area contributed by atoms with Crippen molar-refractivity contribution in [1.82, 2.24) is 9.62 Å². The first kappa shape index (κ1) is 16.3. The quantitative estimate of drug-likeness (QED) is 0.872. The third-order valence-electron chi connectivity index (χ3n) is 4.17. The van der Waals surface area contributed by atoms with Crippen LogP contribution in [0.1, 0.15) is 19.1 Å². The molecular formula is C16H22N2O4S. The topological polar surface area (TPSA) is 71.8 Å². The Balaban J connectivity index is 1.71. The number of benzene rings is 1. The molecule has 1 aliphatic heterocycles. The zero-order chi connectivity index (χ0) is 16.4. The minimum absolute atomic E-state index is 0.346. The average Bonchev–Trinajstić information content (AvgIpc) is 3.13. The monoisotopic (exact) mass is 338 g/mol. The van der Waals surface area contributed by atoms with E-state index in [0.717, 1.165) is 23.3 Å². The molecule has 3 rings (SSSR count). The molecule has 0 amide bonds.